The number of anilines is 1. The molecule has 6 heteroatoms. The number of amides is 1. The molecule has 0 radical (unpaired) electrons. The number of aryl methyl sites for hydroxylation is 1. The molecule has 1 aromatic heterocycles. The molecule has 0 bridgehead atoms. The van der Waals surface area contributed by atoms with Crippen LogP contribution in [0.25, 0.3) is 17.3 Å². The van der Waals surface area contributed by atoms with Gasteiger partial charge in [0.25, 0.3) is 0 Å². The van der Waals surface area contributed by atoms with E-state index < -0.39 is 0 Å². The number of hydrogen-bond donors (Lipinski definition) is 1. The van der Waals surface area contributed by atoms with Gasteiger partial charge in [0.2, 0.25) is 5.91 Å². The minimum absolute atomic E-state index is 0.0548. The largest absolute Gasteiger partial charge is 0.493 e. The molecule has 1 amide bonds. The van der Waals surface area contributed by atoms with Gasteiger partial charge in [-0.2, -0.15) is 0 Å². The number of ether oxygens (including phenoxy) is 2. The SMILES string of the molecule is COc1cc(/C=C/C(=O)Nc2nc(-c3ccc(C)cc3)cs2)ccc1OC(C)C. The van der Waals surface area contributed by atoms with E-state index in [1.54, 1.807) is 13.2 Å². The fourth-order valence-electron chi connectivity index (χ4n) is 2.65. The van der Waals surface area contributed by atoms with Crippen LogP contribution in [0.2, 0.25) is 0 Å². The van der Waals surface area contributed by atoms with Gasteiger partial charge in [-0.1, -0.05) is 35.9 Å². The molecule has 150 valence electrons. The lowest BCUT2D eigenvalue weighted by atomic mass is 10.1. The van der Waals surface area contributed by atoms with E-state index in [-0.39, 0.29) is 12.0 Å². The van der Waals surface area contributed by atoms with E-state index in [0.29, 0.717) is 16.6 Å². The Morgan fingerprint density at radius 1 is 1.14 bits per heavy atom. The summed E-state index contributed by atoms with van der Waals surface area (Å²) in [7, 11) is 1.59. The maximum Gasteiger partial charge on any atom is 0.250 e. The Bertz CT molecular complexity index is 1010. The van der Waals surface area contributed by atoms with Crippen LogP contribution in [-0.4, -0.2) is 24.1 Å². The third-order valence-electron chi connectivity index (χ3n) is 4.06. The van der Waals surface area contributed by atoms with Gasteiger partial charge in [-0.15, -0.1) is 11.3 Å². The Morgan fingerprint density at radius 3 is 2.59 bits per heavy atom. The normalized spacial score (nSPS) is 11.1. The van der Waals surface area contributed by atoms with E-state index in [2.05, 4.69) is 10.3 Å². The topological polar surface area (TPSA) is 60.5 Å². The third-order valence-corrected chi connectivity index (χ3v) is 4.82. The Morgan fingerprint density at radius 2 is 1.90 bits per heavy atom. The maximum absolute atomic E-state index is 12.3. The molecule has 5 nitrogen and oxygen atoms in total. The summed E-state index contributed by atoms with van der Waals surface area (Å²) in [6.45, 7) is 5.96. The summed E-state index contributed by atoms with van der Waals surface area (Å²) in [6, 6.07) is 13.7. The molecule has 0 saturated heterocycles. The Labute approximate surface area is 175 Å². The highest BCUT2D eigenvalue weighted by molar-refractivity contribution is 7.14. The molecule has 0 aliphatic rings. The predicted molar refractivity (Wildman–Crippen MR) is 119 cm³/mol. The van der Waals surface area contributed by atoms with Gasteiger partial charge in [-0.25, -0.2) is 4.98 Å². The van der Waals surface area contributed by atoms with Gasteiger partial charge in [0.05, 0.1) is 18.9 Å². The van der Waals surface area contributed by atoms with E-state index >= 15 is 0 Å². The quantitative estimate of drug-likeness (QED) is 0.520. The van der Waals surface area contributed by atoms with Crippen molar-refractivity contribution in [2.24, 2.45) is 0 Å². The highest BCUT2D eigenvalue weighted by Crippen LogP contribution is 2.29. The van der Waals surface area contributed by atoms with Gasteiger partial charge >= 0.3 is 0 Å². The zero-order chi connectivity index (χ0) is 20.8. The first-order valence-electron chi connectivity index (χ1n) is 9.31. The molecular formula is C23H24N2O3S. The second-order valence-corrected chi connectivity index (χ2v) is 7.66. The average Bonchev–Trinajstić information content (AvgIpc) is 3.15. The maximum atomic E-state index is 12.3. The van der Waals surface area contributed by atoms with Crippen molar-refractivity contribution in [1.29, 1.82) is 0 Å². The lowest BCUT2D eigenvalue weighted by molar-refractivity contribution is -0.111. The van der Waals surface area contributed by atoms with E-state index in [0.717, 1.165) is 16.8 Å². The standard InChI is InChI=1S/C23H24N2O3S/c1-15(2)28-20-11-7-17(13-21(20)27-4)8-12-22(26)25-23-24-19(14-29-23)18-9-5-16(3)6-10-18/h5-15H,1-4H3,(H,24,25,26)/b12-8+. The summed E-state index contributed by atoms with van der Waals surface area (Å²) in [5.41, 5.74) is 3.91. The second-order valence-electron chi connectivity index (χ2n) is 6.80. The van der Waals surface area contributed by atoms with E-state index in [4.69, 9.17) is 9.47 Å². The molecule has 0 fully saturated rings. The number of aromatic nitrogens is 1. The Balaban J connectivity index is 1.65. The van der Waals surface area contributed by atoms with Gasteiger partial charge in [0, 0.05) is 17.0 Å². The molecule has 3 rings (SSSR count). The fourth-order valence-corrected chi connectivity index (χ4v) is 3.37. The monoisotopic (exact) mass is 408 g/mol. The van der Waals surface area contributed by atoms with Gasteiger partial charge in [-0.05, 0) is 44.5 Å². The number of hydrogen-bond acceptors (Lipinski definition) is 5. The van der Waals surface area contributed by atoms with Crippen molar-refractivity contribution in [1.82, 2.24) is 4.98 Å². The molecular weight excluding hydrogens is 384 g/mol. The Hall–Kier alpha value is -3.12. The van der Waals surface area contributed by atoms with Gasteiger partial charge in [0.1, 0.15) is 0 Å². The van der Waals surface area contributed by atoms with Crippen molar-refractivity contribution in [3.63, 3.8) is 0 Å². The predicted octanol–water partition coefficient (Wildman–Crippen LogP) is 5.57. The summed E-state index contributed by atoms with van der Waals surface area (Å²) < 4.78 is 11.1. The number of methoxy groups -OCH3 is 1. The van der Waals surface area contributed by atoms with Crippen LogP contribution in [0.4, 0.5) is 5.13 Å². The van der Waals surface area contributed by atoms with Crippen molar-refractivity contribution >= 4 is 28.5 Å². The highest BCUT2D eigenvalue weighted by Gasteiger charge is 2.08. The van der Waals surface area contributed by atoms with Crippen molar-refractivity contribution in [2.45, 2.75) is 26.9 Å². The summed E-state index contributed by atoms with van der Waals surface area (Å²) in [4.78, 5) is 16.7. The first kappa shape index (κ1) is 20.6. The molecule has 0 atom stereocenters. The number of carbonyl (C=O) groups excluding carboxylic acids is 1. The number of thiazole rings is 1. The van der Waals surface area contributed by atoms with E-state index in [1.165, 1.54) is 23.0 Å². The van der Waals surface area contributed by atoms with Crippen molar-refractivity contribution in [2.75, 3.05) is 12.4 Å². The highest BCUT2D eigenvalue weighted by atomic mass is 32.1. The van der Waals surface area contributed by atoms with Crippen LogP contribution in [0.5, 0.6) is 11.5 Å². The number of nitrogens with one attached hydrogen (secondary N) is 1. The van der Waals surface area contributed by atoms with Crippen LogP contribution in [0.3, 0.4) is 0 Å². The second kappa shape index (κ2) is 9.39. The van der Waals surface area contributed by atoms with E-state index in [1.807, 2.05) is 68.6 Å². The third kappa shape index (κ3) is 5.68. The van der Waals surface area contributed by atoms with Gasteiger partial charge < -0.3 is 9.47 Å². The summed E-state index contributed by atoms with van der Waals surface area (Å²) >= 11 is 1.40. The number of benzene rings is 2. The van der Waals surface area contributed by atoms with Gasteiger partial charge in [0.15, 0.2) is 16.6 Å². The lowest BCUT2D eigenvalue weighted by Gasteiger charge is -2.13. The summed E-state index contributed by atoms with van der Waals surface area (Å²) in [5, 5.41) is 5.30. The molecule has 0 aliphatic carbocycles. The molecule has 29 heavy (non-hydrogen) atoms. The number of nitrogens with zero attached hydrogens (tertiary/aromatic N) is 1. The van der Waals surface area contributed by atoms with Crippen LogP contribution in [0.1, 0.15) is 25.0 Å². The summed E-state index contributed by atoms with van der Waals surface area (Å²) in [5.74, 6) is 1.07. The van der Waals surface area contributed by atoms with Gasteiger partial charge in [-0.3, -0.25) is 10.1 Å². The van der Waals surface area contributed by atoms with Crippen LogP contribution >= 0.6 is 11.3 Å². The van der Waals surface area contributed by atoms with Crippen molar-refractivity contribution in [3.8, 4) is 22.8 Å². The molecule has 0 unspecified atom stereocenters. The first-order chi connectivity index (χ1) is 13.9. The fraction of sp³-hybridized carbons (Fsp3) is 0.217. The van der Waals surface area contributed by atoms with Crippen LogP contribution in [-0.2, 0) is 4.79 Å². The molecule has 0 aliphatic heterocycles. The Kier molecular flexibility index (Phi) is 6.67. The van der Waals surface area contributed by atoms with Crippen LogP contribution in [0.15, 0.2) is 53.9 Å². The molecule has 1 heterocycles. The van der Waals surface area contributed by atoms with Crippen molar-refractivity contribution < 1.29 is 14.3 Å². The minimum atomic E-state index is -0.240. The van der Waals surface area contributed by atoms with Crippen LogP contribution in [0, 0.1) is 6.92 Å². The number of rotatable bonds is 7. The summed E-state index contributed by atoms with van der Waals surface area (Å²) in [6.07, 6.45) is 3.26. The lowest BCUT2D eigenvalue weighted by Crippen LogP contribution is -2.07. The molecule has 0 saturated carbocycles. The zero-order valence-electron chi connectivity index (χ0n) is 16.9. The van der Waals surface area contributed by atoms with Crippen molar-refractivity contribution in [3.05, 3.63) is 65.0 Å². The smallest absolute Gasteiger partial charge is 0.250 e. The van der Waals surface area contributed by atoms with Crippen LogP contribution < -0.4 is 14.8 Å². The molecule has 0 spiro atoms. The molecule has 1 N–H and O–H groups in total. The first-order valence-corrected chi connectivity index (χ1v) is 10.2. The average molecular weight is 409 g/mol. The molecule has 3 aromatic rings. The molecule has 2 aromatic carbocycles. The number of carbonyl (C=O) groups is 1. The minimum Gasteiger partial charge on any atom is -0.493 e. The zero-order valence-corrected chi connectivity index (χ0v) is 17.7. The van der Waals surface area contributed by atoms with E-state index in [9.17, 15) is 4.79 Å².